The molecule has 13 heteroatoms. The summed E-state index contributed by atoms with van der Waals surface area (Å²) in [6.07, 6.45) is 9.29. The Hall–Kier alpha value is -6.46. The van der Waals surface area contributed by atoms with Crippen molar-refractivity contribution < 1.29 is 48.3 Å². The molecule has 8 rings (SSSR count). The molecule has 332 valence electrons. The van der Waals surface area contributed by atoms with Gasteiger partial charge in [-0.05, 0) is 115 Å². The molecule has 4 aromatic rings. The molecule has 1 fully saturated rings. The van der Waals surface area contributed by atoms with Crippen molar-refractivity contribution in [1.82, 2.24) is 4.90 Å². The number of aldehydes is 1. The van der Waals surface area contributed by atoms with Crippen LogP contribution in [0.3, 0.4) is 0 Å². The first kappa shape index (κ1) is 44.2. The lowest BCUT2D eigenvalue weighted by Gasteiger charge is -2.60. The lowest BCUT2D eigenvalue weighted by molar-refractivity contribution is -0.255. The number of hydrogen-bond donors (Lipinski definition) is 2. The number of nitriles is 1. The smallest absolute Gasteiger partial charge is 0.254 e. The van der Waals surface area contributed by atoms with E-state index in [1.54, 1.807) is 59.5 Å². The second kappa shape index (κ2) is 19.9. The molecule has 13 nitrogen and oxygen atoms in total. The molecular formula is C51H53N3O10. The van der Waals surface area contributed by atoms with Crippen LogP contribution in [0.15, 0.2) is 114 Å². The predicted octanol–water partition coefficient (Wildman–Crippen LogP) is 8.50. The maximum atomic E-state index is 15.3. The largest absolute Gasteiger partial charge is 0.459 e. The van der Waals surface area contributed by atoms with Gasteiger partial charge in [0.15, 0.2) is 11.5 Å². The number of allylic oxidation sites excluding steroid dienone is 1. The fourth-order valence-corrected chi connectivity index (χ4v) is 10.0. The molecule has 4 aliphatic rings. The molecule has 6 unspecified atom stereocenters. The van der Waals surface area contributed by atoms with Gasteiger partial charge in [-0.1, -0.05) is 48.3 Å². The summed E-state index contributed by atoms with van der Waals surface area (Å²) in [5, 5.41) is 34.2. The molecule has 1 saturated carbocycles. The number of hydrogen-bond acceptors (Lipinski definition) is 12. The standard InChI is InChI=1S/C51H53N3O10/c1-3-23-62-51-47(54(50(58)36-16-13-33(29-52)14-17-36)30-34-15-19-45-46(25-34)61-32-60-45)28-43(53-59-2)41-26-37(10-4-6-21-55)40(12-5-7-22-56)48(49(41)51)42-27-39(18-20-44(42)64-51)63-38-11-8-9-35(24-38)31-57/h3,8-9,11,13-20,24-27,31,37,40,47-49,55-56H,1,4-7,10,12,21-23,28,30,32H2,2H3. The molecule has 0 saturated heterocycles. The predicted molar refractivity (Wildman–Crippen MR) is 237 cm³/mol. The zero-order valence-electron chi connectivity index (χ0n) is 35.9. The highest BCUT2D eigenvalue weighted by Gasteiger charge is 2.65. The first-order valence-corrected chi connectivity index (χ1v) is 21.9. The normalized spacial score (nSPS) is 23.1. The lowest BCUT2D eigenvalue weighted by Crippen LogP contribution is -2.70. The van der Waals surface area contributed by atoms with Gasteiger partial charge in [-0.25, -0.2) is 0 Å². The molecule has 0 spiro atoms. The summed E-state index contributed by atoms with van der Waals surface area (Å²) in [4.78, 5) is 34.4. The third-order valence-corrected chi connectivity index (χ3v) is 12.8. The molecule has 0 bridgehead atoms. The van der Waals surface area contributed by atoms with Crippen LogP contribution in [-0.2, 0) is 16.1 Å². The quantitative estimate of drug-likeness (QED) is 0.0401. The maximum absolute atomic E-state index is 15.3. The van der Waals surface area contributed by atoms with E-state index in [-0.39, 0.29) is 63.2 Å². The van der Waals surface area contributed by atoms with E-state index in [0.717, 1.165) is 48.7 Å². The number of aliphatic hydroxyl groups is 2. The topological polar surface area (TPSA) is 169 Å². The van der Waals surface area contributed by atoms with Gasteiger partial charge in [-0.2, -0.15) is 5.26 Å². The number of carbonyl (C=O) groups is 2. The molecule has 1 amide bonds. The van der Waals surface area contributed by atoms with Crippen LogP contribution in [0.1, 0.15) is 88.3 Å². The second-order valence-electron chi connectivity index (χ2n) is 16.6. The molecule has 0 radical (unpaired) electrons. The van der Waals surface area contributed by atoms with Gasteiger partial charge in [0.2, 0.25) is 12.6 Å². The number of unbranched alkanes of at least 4 members (excludes halogenated alkanes) is 2. The van der Waals surface area contributed by atoms with Gasteiger partial charge in [-0.3, -0.25) is 9.59 Å². The molecule has 2 aliphatic carbocycles. The summed E-state index contributed by atoms with van der Waals surface area (Å²) in [7, 11) is 1.51. The number of ether oxygens (including phenoxy) is 5. The highest BCUT2D eigenvalue weighted by atomic mass is 16.7. The molecule has 4 aromatic carbocycles. The van der Waals surface area contributed by atoms with Crippen molar-refractivity contribution in [2.24, 2.45) is 22.9 Å². The van der Waals surface area contributed by atoms with Crippen LogP contribution in [0.25, 0.3) is 0 Å². The Balaban J connectivity index is 1.34. The first-order chi connectivity index (χ1) is 31.3. The summed E-state index contributed by atoms with van der Waals surface area (Å²) < 4.78 is 32.4. The highest BCUT2D eigenvalue weighted by molar-refractivity contribution is 6.03. The van der Waals surface area contributed by atoms with Crippen LogP contribution in [-0.4, -0.2) is 78.6 Å². The van der Waals surface area contributed by atoms with E-state index in [2.05, 4.69) is 18.7 Å². The fraction of sp³-hybridized carbons (Fsp3) is 0.373. The minimum Gasteiger partial charge on any atom is -0.459 e. The summed E-state index contributed by atoms with van der Waals surface area (Å²) in [5.74, 6) is 0.127. The summed E-state index contributed by atoms with van der Waals surface area (Å²) in [6.45, 7) is 4.47. The zero-order chi connectivity index (χ0) is 44.6. The molecule has 2 heterocycles. The summed E-state index contributed by atoms with van der Waals surface area (Å²) in [6, 6.07) is 26.2. The monoisotopic (exact) mass is 867 g/mol. The number of benzene rings is 4. The molecule has 0 aromatic heterocycles. The Labute approximate surface area is 373 Å². The summed E-state index contributed by atoms with van der Waals surface area (Å²) in [5.41, 5.74) is 4.48. The average Bonchev–Trinajstić information content (AvgIpc) is 3.80. The number of oxime groups is 1. The fourth-order valence-electron chi connectivity index (χ4n) is 10.0. The number of nitrogens with zero attached hydrogens (tertiary/aromatic N) is 3. The Morgan fingerprint density at radius 2 is 1.72 bits per heavy atom. The van der Waals surface area contributed by atoms with Crippen molar-refractivity contribution in [3.63, 3.8) is 0 Å². The van der Waals surface area contributed by atoms with E-state index in [1.807, 2.05) is 36.4 Å². The maximum Gasteiger partial charge on any atom is 0.254 e. The Morgan fingerprint density at radius 3 is 2.47 bits per heavy atom. The third-order valence-electron chi connectivity index (χ3n) is 12.8. The number of rotatable bonds is 19. The zero-order valence-corrected chi connectivity index (χ0v) is 35.9. The average molecular weight is 868 g/mol. The van der Waals surface area contributed by atoms with E-state index < -0.39 is 17.7 Å². The van der Waals surface area contributed by atoms with E-state index in [0.29, 0.717) is 64.0 Å². The molecular weight excluding hydrogens is 815 g/mol. The van der Waals surface area contributed by atoms with Crippen LogP contribution in [0.4, 0.5) is 0 Å². The van der Waals surface area contributed by atoms with Crippen LogP contribution >= 0.6 is 0 Å². The van der Waals surface area contributed by atoms with Gasteiger partial charge >= 0.3 is 0 Å². The minimum atomic E-state index is -1.52. The van der Waals surface area contributed by atoms with Crippen LogP contribution in [0.5, 0.6) is 28.7 Å². The number of amides is 1. The van der Waals surface area contributed by atoms with Crippen LogP contribution < -0.4 is 18.9 Å². The van der Waals surface area contributed by atoms with Gasteiger partial charge in [0, 0.05) is 48.8 Å². The first-order valence-electron chi connectivity index (χ1n) is 21.9. The van der Waals surface area contributed by atoms with E-state index in [1.165, 1.54) is 7.11 Å². The molecule has 2 aliphatic heterocycles. The minimum absolute atomic E-state index is 0.0129. The van der Waals surface area contributed by atoms with E-state index in [4.69, 9.17) is 33.7 Å². The van der Waals surface area contributed by atoms with Gasteiger partial charge in [0.1, 0.15) is 36.7 Å². The molecule has 6 atom stereocenters. The van der Waals surface area contributed by atoms with Crippen molar-refractivity contribution in [3.05, 3.63) is 137 Å². The lowest BCUT2D eigenvalue weighted by atomic mass is 9.55. The van der Waals surface area contributed by atoms with E-state index >= 15 is 4.79 Å². The van der Waals surface area contributed by atoms with Crippen molar-refractivity contribution in [3.8, 4) is 34.8 Å². The van der Waals surface area contributed by atoms with Crippen LogP contribution in [0, 0.1) is 29.1 Å². The van der Waals surface area contributed by atoms with Gasteiger partial charge in [-0.15, -0.1) is 6.58 Å². The van der Waals surface area contributed by atoms with Gasteiger partial charge in [0.25, 0.3) is 5.91 Å². The van der Waals surface area contributed by atoms with Crippen molar-refractivity contribution in [1.29, 1.82) is 5.26 Å². The van der Waals surface area contributed by atoms with E-state index in [9.17, 15) is 20.3 Å². The number of fused-ring (bicyclic) bond motifs is 3. The SMILES string of the molecule is C=CCOC12Oc3ccc(Oc4cccc(C=O)c4)cc3C3C(CCCCO)C(CCCCO)C=C(C(=NOC)CC1N(Cc1ccc4c(c1)OCO4)C(=O)c1ccc(C#N)cc1)C32. The Kier molecular flexibility index (Phi) is 13.8. The number of carbonyl (C=O) groups excluding carboxylic acids is 2. The Bertz CT molecular complexity index is 2440. The van der Waals surface area contributed by atoms with Crippen molar-refractivity contribution in [2.75, 3.05) is 33.7 Å². The van der Waals surface area contributed by atoms with Gasteiger partial charge < -0.3 is 43.6 Å². The van der Waals surface area contributed by atoms with Crippen molar-refractivity contribution in [2.45, 2.75) is 69.2 Å². The van der Waals surface area contributed by atoms with Crippen LogP contribution in [0.2, 0.25) is 0 Å². The molecule has 2 N–H and O–H groups in total. The third kappa shape index (κ3) is 8.86. The Morgan fingerprint density at radius 1 is 0.953 bits per heavy atom. The number of aliphatic hydroxyl groups excluding tert-OH is 2. The second-order valence-corrected chi connectivity index (χ2v) is 16.6. The molecule has 64 heavy (non-hydrogen) atoms. The summed E-state index contributed by atoms with van der Waals surface area (Å²) >= 11 is 0. The van der Waals surface area contributed by atoms with Gasteiger partial charge in [0.05, 0.1) is 29.9 Å². The van der Waals surface area contributed by atoms with Crippen molar-refractivity contribution >= 4 is 17.9 Å². The highest BCUT2D eigenvalue weighted by Crippen LogP contribution is 2.62.